The van der Waals surface area contributed by atoms with E-state index in [4.69, 9.17) is 10.8 Å². The fraction of sp³-hybridized carbons (Fsp3) is 0.857. The summed E-state index contributed by atoms with van der Waals surface area (Å²) in [4.78, 5) is 12.2. The molecule has 0 bridgehead atoms. The number of carbonyl (C=O) groups excluding carboxylic acids is 1. The summed E-state index contributed by atoms with van der Waals surface area (Å²) < 4.78 is 0. The highest BCUT2D eigenvalue weighted by atomic mass is 16.3. The van der Waals surface area contributed by atoms with E-state index < -0.39 is 6.03 Å². The molecule has 0 aliphatic heterocycles. The van der Waals surface area contributed by atoms with Gasteiger partial charge in [-0.2, -0.15) is 0 Å². The van der Waals surface area contributed by atoms with Crippen LogP contribution in [0.3, 0.4) is 0 Å². The standard InChI is InChI=1S/C7H17N3O2/c1-10(5-6-11)4-2-3-9-7(8)12/h11H,2-6H2,1H3,(H3,8,9,12). The number of hydrogen-bond acceptors (Lipinski definition) is 3. The Labute approximate surface area is 72.5 Å². The van der Waals surface area contributed by atoms with E-state index >= 15 is 0 Å². The van der Waals surface area contributed by atoms with E-state index in [0.29, 0.717) is 13.1 Å². The lowest BCUT2D eigenvalue weighted by Crippen LogP contribution is -2.32. The Balaban J connectivity index is 3.13. The van der Waals surface area contributed by atoms with E-state index in [0.717, 1.165) is 13.0 Å². The highest BCUT2D eigenvalue weighted by Crippen LogP contribution is 1.84. The van der Waals surface area contributed by atoms with Gasteiger partial charge in [-0.3, -0.25) is 0 Å². The molecule has 2 amide bonds. The summed E-state index contributed by atoms with van der Waals surface area (Å²) in [7, 11) is 1.92. The van der Waals surface area contributed by atoms with Crippen molar-refractivity contribution in [3.63, 3.8) is 0 Å². The Kier molecular flexibility index (Phi) is 6.41. The first-order chi connectivity index (χ1) is 5.66. The Morgan fingerprint density at radius 2 is 2.25 bits per heavy atom. The first-order valence-corrected chi connectivity index (χ1v) is 3.99. The van der Waals surface area contributed by atoms with Gasteiger partial charge in [-0.1, -0.05) is 0 Å². The number of aliphatic hydroxyl groups is 1. The van der Waals surface area contributed by atoms with Crippen molar-refractivity contribution in [2.24, 2.45) is 5.73 Å². The second-order valence-corrected chi connectivity index (χ2v) is 2.67. The van der Waals surface area contributed by atoms with Crippen molar-refractivity contribution >= 4 is 6.03 Å². The fourth-order valence-corrected chi connectivity index (χ4v) is 0.843. The smallest absolute Gasteiger partial charge is 0.312 e. The normalized spacial score (nSPS) is 10.2. The van der Waals surface area contributed by atoms with Gasteiger partial charge in [0.1, 0.15) is 0 Å². The third-order valence-corrected chi connectivity index (χ3v) is 1.50. The van der Waals surface area contributed by atoms with Gasteiger partial charge in [-0.05, 0) is 20.0 Å². The molecule has 0 aliphatic rings. The third kappa shape index (κ3) is 7.30. The number of urea groups is 1. The van der Waals surface area contributed by atoms with Crippen molar-refractivity contribution in [1.29, 1.82) is 0 Å². The molecule has 0 aromatic rings. The third-order valence-electron chi connectivity index (χ3n) is 1.50. The maximum atomic E-state index is 10.2. The number of carbonyl (C=O) groups is 1. The molecule has 0 radical (unpaired) electrons. The van der Waals surface area contributed by atoms with Crippen molar-refractivity contribution < 1.29 is 9.90 Å². The van der Waals surface area contributed by atoms with Gasteiger partial charge in [-0.25, -0.2) is 4.79 Å². The van der Waals surface area contributed by atoms with Gasteiger partial charge < -0.3 is 21.1 Å². The van der Waals surface area contributed by atoms with Crippen LogP contribution in [-0.4, -0.2) is 49.3 Å². The molecule has 0 rings (SSSR count). The second kappa shape index (κ2) is 6.87. The topological polar surface area (TPSA) is 78.6 Å². The number of primary amides is 1. The molecule has 0 unspecified atom stereocenters. The van der Waals surface area contributed by atoms with Gasteiger partial charge in [0.15, 0.2) is 0 Å². The van der Waals surface area contributed by atoms with Crippen molar-refractivity contribution in [3.05, 3.63) is 0 Å². The SMILES string of the molecule is CN(CCO)CCCNC(N)=O. The number of nitrogens with two attached hydrogens (primary N) is 1. The van der Waals surface area contributed by atoms with Gasteiger partial charge in [-0.15, -0.1) is 0 Å². The summed E-state index contributed by atoms with van der Waals surface area (Å²) in [6.45, 7) is 2.27. The van der Waals surface area contributed by atoms with Gasteiger partial charge in [0, 0.05) is 13.1 Å². The lowest BCUT2D eigenvalue weighted by molar-refractivity contribution is 0.219. The molecular weight excluding hydrogens is 158 g/mol. The number of aliphatic hydroxyl groups excluding tert-OH is 1. The van der Waals surface area contributed by atoms with Gasteiger partial charge in [0.2, 0.25) is 0 Å². The summed E-state index contributed by atoms with van der Waals surface area (Å²) in [5.41, 5.74) is 4.86. The summed E-state index contributed by atoms with van der Waals surface area (Å²) in [6.07, 6.45) is 0.847. The van der Waals surface area contributed by atoms with Crippen LogP contribution in [0.1, 0.15) is 6.42 Å². The van der Waals surface area contributed by atoms with Crippen LogP contribution in [0.2, 0.25) is 0 Å². The maximum absolute atomic E-state index is 10.2. The van der Waals surface area contributed by atoms with E-state index in [9.17, 15) is 4.79 Å². The molecule has 0 aromatic carbocycles. The van der Waals surface area contributed by atoms with E-state index in [1.807, 2.05) is 11.9 Å². The first kappa shape index (κ1) is 11.2. The van der Waals surface area contributed by atoms with Crippen LogP contribution in [-0.2, 0) is 0 Å². The molecule has 5 heteroatoms. The van der Waals surface area contributed by atoms with E-state index in [2.05, 4.69) is 5.32 Å². The molecule has 0 atom stereocenters. The highest BCUT2D eigenvalue weighted by Gasteiger charge is 1.96. The summed E-state index contributed by atoms with van der Waals surface area (Å²) >= 11 is 0. The number of amides is 2. The Hall–Kier alpha value is -0.810. The average molecular weight is 175 g/mol. The maximum Gasteiger partial charge on any atom is 0.312 e. The van der Waals surface area contributed by atoms with Crippen LogP contribution in [0, 0.1) is 0 Å². The zero-order valence-corrected chi connectivity index (χ0v) is 7.42. The summed E-state index contributed by atoms with van der Waals surface area (Å²) in [5.74, 6) is 0. The Morgan fingerprint density at radius 3 is 2.75 bits per heavy atom. The number of rotatable bonds is 6. The first-order valence-electron chi connectivity index (χ1n) is 3.99. The quantitative estimate of drug-likeness (QED) is 0.452. The summed E-state index contributed by atoms with van der Waals surface area (Å²) in [5, 5.41) is 11.0. The minimum absolute atomic E-state index is 0.166. The Morgan fingerprint density at radius 1 is 1.58 bits per heavy atom. The lowest BCUT2D eigenvalue weighted by atomic mass is 10.4. The predicted molar refractivity (Wildman–Crippen MR) is 46.8 cm³/mol. The zero-order valence-electron chi connectivity index (χ0n) is 7.42. The lowest BCUT2D eigenvalue weighted by Gasteiger charge is -2.14. The molecule has 0 heterocycles. The molecule has 0 spiro atoms. The fourth-order valence-electron chi connectivity index (χ4n) is 0.843. The van der Waals surface area contributed by atoms with Crippen molar-refractivity contribution in [2.75, 3.05) is 33.3 Å². The van der Waals surface area contributed by atoms with Crippen molar-refractivity contribution in [3.8, 4) is 0 Å². The van der Waals surface area contributed by atoms with Crippen LogP contribution in [0.4, 0.5) is 4.79 Å². The molecule has 0 aromatic heterocycles. The van der Waals surface area contributed by atoms with Crippen molar-refractivity contribution in [2.45, 2.75) is 6.42 Å². The van der Waals surface area contributed by atoms with Crippen LogP contribution < -0.4 is 11.1 Å². The summed E-state index contributed by atoms with van der Waals surface area (Å²) in [6, 6.07) is -0.486. The molecule has 0 aliphatic carbocycles. The number of nitrogens with one attached hydrogen (secondary N) is 1. The van der Waals surface area contributed by atoms with Crippen LogP contribution >= 0.6 is 0 Å². The number of nitrogens with zero attached hydrogens (tertiary/aromatic N) is 1. The van der Waals surface area contributed by atoms with E-state index in [-0.39, 0.29) is 6.61 Å². The van der Waals surface area contributed by atoms with Crippen LogP contribution in [0.5, 0.6) is 0 Å². The molecule has 12 heavy (non-hydrogen) atoms. The zero-order chi connectivity index (χ0) is 9.40. The Bertz CT molecular complexity index is 130. The molecule has 72 valence electrons. The van der Waals surface area contributed by atoms with Gasteiger partial charge in [0.25, 0.3) is 0 Å². The molecule has 0 fully saturated rings. The molecule has 4 N–H and O–H groups in total. The minimum atomic E-state index is -0.486. The largest absolute Gasteiger partial charge is 0.395 e. The predicted octanol–water partition coefficient (Wildman–Crippen LogP) is -1.03. The van der Waals surface area contributed by atoms with Gasteiger partial charge in [0.05, 0.1) is 6.61 Å². The monoisotopic (exact) mass is 175 g/mol. The van der Waals surface area contributed by atoms with Crippen LogP contribution in [0.25, 0.3) is 0 Å². The molecule has 0 saturated carbocycles. The van der Waals surface area contributed by atoms with Gasteiger partial charge >= 0.3 is 6.03 Å². The molecule has 0 saturated heterocycles. The van der Waals surface area contributed by atoms with E-state index in [1.54, 1.807) is 0 Å². The highest BCUT2D eigenvalue weighted by molar-refractivity contribution is 5.71. The molecule has 5 nitrogen and oxygen atoms in total. The number of hydrogen-bond donors (Lipinski definition) is 3. The average Bonchev–Trinajstić information content (AvgIpc) is 1.98. The number of likely N-dealkylation sites (N-methyl/N-ethyl adjacent to an activating group) is 1. The van der Waals surface area contributed by atoms with E-state index in [1.165, 1.54) is 0 Å². The second-order valence-electron chi connectivity index (χ2n) is 2.67. The minimum Gasteiger partial charge on any atom is -0.395 e. The van der Waals surface area contributed by atoms with Crippen molar-refractivity contribution in [1.82, 2.24) is 10.2 Å². The van der Waals surface area contributed by atoms with Crippen LogP contribution in [0.15, 0.2) is 0 Å². The molecular formula is C7H17N3O2.